The molecule has 0 aliphatic carbocycles. The standard InChI is InChI=1S/C17H22N4O2/c1-19-15-12-21(17(22)16-6-5-9-23-16)10-13(15)14(18-19)11-20-7-3-2-4-8-20/h5-6,9H,2-4,7-8,10-12H2,1H3. The van der Waals surface area contributed by atoms with Crippen LogP contribution < -0.4 is 0 Å². The van der Waals surface area contributed by atoms with Gasteiger partial charge in [-0.05, 0) is 38.1 Å². The fourth-order valence-corrected chi connectivity index (χ4v) is 3.63. The second kappa shape index (κ2) is 5.85. The van der Waals surface area contributed by atoms with Crippen molar-refractivity contribution in [2.45, 2.75) is 38.9 Å². The van der Waals surface area contributed by atoms with Gasteiger partial charge in [-0.15, -0.1) is 0 Å². The third-order valence-corrected chi connectivity index (χ3v) is 4.89. The first-order chi connectivity index (χ1) is 11.2. The van der Waals surface area contributed by atoms with Crippen LogP contribution in [0.1, 0.15) is 46.8 Å². The Bertz CT molecular complexity index is 699. The highest BCUT2D eigenvalue weighted by Gasteiger charge is 2.31. The maximum Gasteiger partial charge on any atom is 0.290 e. The number of rotatable bonds is 3. The average molecular weight is 314 g/mol. The molecule has 23 heavy (non-hydrogen) atoms. The first-order valence-electron chi connectivity index (χ1n) is 8.31. The first-order valence-corrected chi connectivity index (χ1v) is 8.31. The molecule has 4 rings (SSSR count). The van der Waals surface area contributed by atoms with Crippen LogP contribution in [0.5, 0.6) is 0 Å². The van der Waals surface area contributed by atoms with E-state index >= 15 is 0 Å². The molecule has 0 spiro atoms. The smallest absolute Gasteiger partial charge is 0.290 e. The number of piperidine rings is 1. The fourth-order valence-electron chi connectivity index (χ4n) is 3.63. The molecule has 6 heteroatoms. The molecule has 0 bridgehead atoms. The van der Waals surface area contributed by atoms with Crippen molar-refractivity contribution in [3.05, 3.63) is 41.1 Å². The van der Waals surface area contributed by atoms with Gasteiger partial charge in [0.25, 0.3) is 5.91 Å². The summed E-state index contributed by atoms with van der Waals surface area (Å²) in [5.41, 5.74) is 3.49. The van der Waals surface area contributed by atoms with Gasteiger partial charge >= 0.3 is 0 Å². The fraction of sp³-hybridized carbons (Fsp3) is 0.529. The molecule has 4 heterocycles. The molecule has 0 saturated carbocycles. The predicted molar refractivity (Wildman–Crippen MR) is 84.6 cm³/mol. The number of amides is 1. The minimum atomic E-state index is -0.0462. The minimum absolute atomic E-state index is 0.0462. The summed E-state index contributed by atoms with van der Waals surface area (Å²) in [6.07, 6.45) is 5.43. The average Bonchev–Trinajstić information content (AvgIpc) is 3.28. The van der Waals surface area contributed by atoms with Gasteiger partial charge in [-0.25, -0.2) is 0 Å². The van der Waals surface area contributed by atoms with Gasteiger partial charge in [0.1, 0.15) is 0 Å². The summed E-state index contributed by atoms with van der Waals surface area (Å²) in [4.78, 5) is 16.8. The van der Waals surface area contributed by atoms with Gasteiger partial charge in [-0.2, -0.15) is 5.10 Å². The topological polar surface area (TPSA) is 54.5 Å². The van der Waals surface area contributed by atoms with Gasteiger partial charge in [-0.1, -0.05) is 6.42 Å². The Morgan fingerprint density at radius 1 is 1.26 bits per heavy atom. The Hall–Kier alpha value is -2.08. The lowest BCUT2D eigenvalue weighted by atomic mass is 10.1. The zero-order valence-electron chi connectivity index (χ0n) is 13.5. The van der Waals surface area contributed by atoms with Crippen LogP contribution in [0.15, 0.2) is 22.8 Å². The van der Waals surface area contributed by atoms with Crippen molar-refractivity contribution < 1.29 is 9.21 Å². The van der Waals surface area contributed by atoms with E-state index in [1.54, 1.807) is 18.4 Å². The van der Waals surface area contributed by atoms with Crippen molar-refractivity contribution in [3.63, 3.8) is 0 Å². The Balaban J connectivity index is 1.52. The van der Waals surface area contributed by atoms with Crippen molar-refractivity contribution >= 4 is 5.91 Å². The van der Waals surface area contributed by atoms with Crippen LogP contribution >= 0.6 is 0 Å². The molecule has 0 N–H and O–H groups in total. The number of hydrogen-bond acceptors (Lipinski definition) is 4. The highest BCUT2D eigenvalue weighted by molar-refractivity contribution is 5.91. The lowest BCUT2D eigenvalue weighted by Gasteiger charge is -2.25. The summed E-state index contributed by atoms with van der Waals surface area (Å²) in [7, 11) is 1.97. The van der Waals surface area contributed by atoms with Crippen molar-refractivity contribution in [1.82, 2.24) is 19.6 Å². The summed E-state index contributed by atoms with van der Waals surface area (Å²) in [5, 5.41) is 4.70. The SMILES string of the molecule is Cn1nc(CN2CCCCC2)c2c1CN(C(=O)c1ccco1)C2. The molecular weight excluding hydrogens is 292 g/mol. The van der Waals surface area contributed by atoms with E-state index in [4.69, 9.17) is 9.52 Å². The Morgan fingerprint density at radius 3 is 2.83 bits per heavy atom. The monoisotopic (exact) mass is 314 g/mol. The van der Waals surface area contributed by atoms with E-state index in [1.165, 1.54) is 24.8 Å². The van der Waals surface area contributed by atoms with Gasteiger partial charge in [0.05, 0.1) is 30.7 Å². The van der Waals surface area contributed by atoms with Crippen molar-refractivity contribution in [2.75, 3.05) is 13.1 Å². The maximum atomic E-state index is 12.5. The number of likely N-dealkylation sites (tertiary alicyclic amines) is 1. The molecule has 0 radical (unpaired) electrons. The second-order valence-electron chi connectivity index (χ2n) is 6.47. The Kier molecular flexibility index (Phi) is 3.69. The second-order valence-corrected chi connectivity index (χ2v) is 6.47. The van der Waals surface area contributed by atoms with Crippen LogP contribution in [0, 0.1) is 0 Å². The van der Waals surface area contributed by atoms with E-state index in [-0.39, 0.29) is 5.91 Å². The number of aryl methyl sites for hydroxylation is 1. The molecule has 2 aliphatic heterocycles. The molecule has 1 saturated heterocycles. The number of fused-ring (bicyclic) bond motifs is 1. The van der Waals surface area contributed by atoms with Crippen LogP contribution in [-0.2, 0) is 26.7 Å². The summed E-state index contributed by atoms with van der Waals surface area (Å²) in [6, 6.07) is 3.47. The quantitative estimate of drug-likeness (QED) is 0.871. The van der Waals surface area contributed by atoms with Gasteiger partial charge in [0, 0.05) is 19.2 Å². The van der Waals surface area contributed by atoms with Gasteiger partial charge < -0.3 is 9.32 Å². The molecular formula is C17H22N4O2. The number of carbonyl (C=O) groups is 1. The van der Waals surface area contributed by atoms with Crippen LogP contribution in [-0.4, -0.2) is 38.6 Å². The largest absolute Gasteiger partial charge is 0.459 e. The summed E-state index contributed by atoms with van der Waals surface area (Å²) < 4.78 is 7.18. The van der Waals surface area contributed by atoms with E-state index in [0.29, 0.717) is 18.8 Å². The van der Waals surface area contributed by atoms with Crippen LogP contribution in [0.4, 0.5) is 0 Å². The summed E-state index contributed by atoms with van der Waals surface area (Å²) >= 11 is 0. The number of aromatic nitrogens is 2. The highest BCUT2D eigenvalue weighted by atomic mass is 16.3. The maximum absolute atomic E-state index is 12.5. The lowest BCUT2D eigenvalue weighted by molar-refractivity contribution is 0.0715. The molecule has 122 valence electrons. The van der Waals surface area contributed by atoms with Crippen LogP contribution in [0.3, 0.4) is 0 Å². The van der Waals surface area contributed by atoms with Crippen molar-refractivity contribution in [1.29, 1.82) is 0 Å². The van der Waals surface area contributed by atoms with Crippen molar-refractivity contribution in [3.8, 4) is 0 Å². The van der Waals surface area contributed by atoms with Gasteiger partial charge in [0.15, 0.2) is 5.76 Å². The molecule has 0 aromatic carbocycles. The van der Waals surface area contributed by atoms with Gasteiger partial charge in [0.2, 0.25) is 0 Å². The number of furan rings is 1. The van der Waals surface area contributed by atoms with Gasteiger partial charge in [-0.3, -0.25) is 14.4 Å². The molecule has 1 fully saturated rings. The molecule has 2 aromatic heterocycles. The van der Waals surface area contributed by atoms with E-state index in [1.807, 2.05) is 16.6 Å². The molecule has 0 unspecified atom stereocenters. The number of carbonyl (C=O) groups excluding carboxylic acids is 1. The number of hydrogen-bond donors (Lipinski definition) is 0. The molecule has 6 nitrogen and oxygen atoms in total. The predicted octanol–water partition coefficient (Wildman–Crippen LogP) is 2.16. The summed E-state index contributed by atoms with van der Waals surface area (Å²) in [6.45, 7) is 4.44. The number of nitrogens with zero attached hydrogens (tertiary/aromatic N) is 4. The molecule has 0 atom stereocenters. The molecule has 1 amide bonds. The first kappa shape index (κ1) is 14.5. The third kappa shape index (κ3) is 2.67. The lowest BCUT2D eigenvalue weighted by Crippen LogP contribution is -2.30. The minimum Gasteiger partial charge on any atom is -0.459 e. The van der Waals surface area contributed by atoms with Crippen molar-refractivity contribution in [2.24, 2.45) is 7.05 Å². The normalized spacial score (nSPS) is 18.4. The Morgan fingerprint density at radius 2 is 2.09 bits per heavy atom. The molecule has 2 aromatic rings. The zero-order valence-corrected chi connectivity index (χ0v) is 13.5. The van der Waals surface area contributed by atoms with Crippen LogP contribution in [0.25, 0.3) is 0 Å². The van der Waals surface area contributed by atoms with E-state index < -0.39 is 0 Å². The molecule has 2 aliphatic rings. The highest BCUT2D eigenvalue weighted by Crippen LogP contribution is 2.28. The van der Waals surface area contributed by atoms with E-state index in [9.17, 15) is 4.79 Å². The third-order valence-electron chi connectivity index (χ3n) is 4.89. The van der Waals surface area contributed by atoms with E-state index in [0.717, 1.165) is 31.0 Å². The van der Waals surface area contributed by atoms with E-state index in [2.05, 4.69) is 4.90 Å². The Labute approximate surface area is 135 Å². The zero-order chi connectivity index (χ0) is 15.8. The summed E-state index contributed by atoms with van der Waals surface area (Å²) in [5.74, 6) is 0.360. The van der Waals surface area contributed by atoms with Crippen LogP contribution in [0.2, 0.25) is 0 Å².